The van der Waals surface area contributed by atoms with Gasteiger partial charge in [-0.15, -0.1) is 0 Å². The highest BCUT2D eigenvalue weighted by Gasteiger charge is 2.22. The van der Waals surface area contributed by atoms with Crippen LogP contribution in [0.1, 0.15) is 44.9 Å². The number of ether oxygens (including phenoxy) is 2. The minimum absolute atomic E-state index is 0.0384. The predicted octanol–water partition coefficient (Wildman–Crippen LogP) is 3.50. The molecule has 1 amide bonds. The topological polar surface area (TPSA) is 84.5 Å². The lowest BCUT2D eigenvalue weighted by Gasteiger charge is -2.31. The first-order valence-electron chi connectivity index (χ1n) is 11.4. The fourth-order valence-electron chi connectivity index (χ4n) is 4.23. The maximum Gasteiger partial charge on any atom is 0.261 e. The lowest BCUT2D eigenvalue weighted by atomic mass is 9.97. The van der Waals surface area contributed by atoms with Gasteiger partial charge >= 0.3 is 0 Å². The standard InChI is InChI=1S/C23H30FN3O4S/c1-2-21(28)27-7-3-15(4-8-27)13-31-16-11-18(24)22-19(12-16)25-20(26-23(22)29)14-32-17-5-9-30-10-6-17/h11-12,15,17H,2-10,13-14H2,1H3,(H,25,26,29). The number of carbonyl (C=O) groups excluding carboxylic acids is 1. The van der Waals surface area contributed by atoms with Crippen LogP contribution in [0.25, 0.3) is 10.9 Å². The van der Waals surface area contributed by atoms with Crippen LogP contribution in [0.5, 0.6) is 5.75 Å². The van der Waals surface area contributed by atoms with Crippen molar-refractivity contribution in [3.05, 3.63) is 34.1 Å². The fourth-order valence-corrected chi connectivity index (χ4v) is 5.28. The number of hydrogen-bond donors (Lipinski definition) is 1. The van der Waals surface area contributed by atoms with Gasteiger partial charge in [-0.2, -0.15) is 11.8 Å². The zero-order valence-corrected chi connectivity index (χ0v) is 19.2. The number of likely N-dealkylation sites (tertiary alicyclic amines) is 1. The van der Waals surface area contributed by atoms with Crippen molar-refractivity contribution in [3.63, 3.8) is 0 Å². The lowest BCUT2D eigenvalue weighted by Crippen LogP contribution is -2.39. The SMILES string of the molecule is CCC(=O)N1CCC(COc2cc(F)c3c(=O)[nH]c(CSC4CCOCC4)nc3c2)CC1. The van der Waals surface area contributed by atoms with E-state index >= 15 is 0 Å². The van der Waals surface area contributed by atoms with Crippen LogP contribution in [0.15, 0.2) is 16.9 Å². The van der Waals surface area contributed by atoms with Crippen LogP contribution in [-0.4, -0.2) is 58.9 Å². The molecule has 2 saturated heterocycles. The molecule has 0 atom stereocenters. The molecule has 4 rings (SSSR count). The first-order chi connectivity index (χ1) is 15.5. The molecule has 0 spiro atoms. The van der Waals surface area contributed by atoms with E-state index in [-0.39, 0.29) is 11.3 Å². The summed E-state index contributed by atoms with van der Waals surface area (Å²) in [5, 5.41) is 0.443. The highest BCUT2D eigenvalue weighted by atomic mass is 32.2. The van der Waals surface area contributed by atoms with Gasteiger partial charge < -0.3 is 19.4 Å². The van der Waals surface area contributed by atoms with Crippen LogP contribution in [0, 0.1) is 11.7 Å². The Bertz CT molecular complexity index is 1000. The molecule has 3 heterocycles. The van der Waals surface area contributed by atoms with Crippen molar-refractivity contribution in [2.75, 3.05) is 32.9 Å². The smallest absolute Gasteiger partial charge is 0.261 e. The van der Waals surface area contributed by atoms with Crippen molar-refractivity contribution in [3.8, 4) is 5.75 Å². The van der Waals surface area contributed by atoms with Crippen molar-refractivity contribution >= 4 is 28.6 Å². The third-order valence-electron chi connectivity index (χ3n) is 6.16. The number of fused-ring (bicyclic) bond motifs is 1. The summed E-state index contributed by atoms with van der Waals surface area (Å²) in [4.78, 5) is 33.4. The van der Waals surface area contributed by atoms with Gasteiger partial charge in [-0.25, -0.2) is 9.37 Å². The highest BCUT2D eigenvalue weighted by molar-refractivity contribution is 7.99. The second-order valence-corrected chi connectivity index (χ2v) is 9.71. The molecule has 1 aromatic carbocycles. The van der Waals surface area contributed by atoms with Crippen LogP contribution in [-0.2, 0) is 15.3 Å². The van der Waals surface area contributed by atoms with E-state index in [2.05, 4.69) is 9.97 Å². The monoisotopic (exact) mass is 463 g/mol. The Labute approximate surface area is 191 Å². The van der Waals surface area contributed by atoms with Gasteiger partial charge in [0.15, 0.2) is 0 Å². The maximum absolute atomic E-state index is 14.7. The Morgan fingerprint density at radius 3 is 2.75 bits per heavy atom. The maximum atomic E-state index is 14.7. The molecular formula is C23H30FN3O4S. The molecule has 174 valence electrons. The molecule has 0 bridgehead atoms. The average molecular weight is 464 g/mol. The second kappa shape index (κ2) is 10.7. The zero-order chi connectivity index (χ0) is 22.5. The number of rotatable bonds is 7. The average Bonchev–Trinajstić information content (AvgIpc) is 2.81. The molecule has 2 aliphatic rings. The second-order valence-electron chi connectivity index (χ2n) is 8.42. The lowest BCUT2D eigenvalue weighted by molar-refractivity contribution is -0.132. The largest absolute Gasteiger partial charge is 0.493 e. The summed E-state index contributed by atoms with van der Waals surface area (Å²) < 4.78 is 25.9. The van der Waals surface area contributed by atoms with E-state index in [9.17, 15) is 14.0 Å². The summed E-state index contributed by atoms with van der Waals surface area (Å²) in [7, 11) is 0. The molecule has 0 saturated carbocycles. The summed E-state index contributed by atoms with van der Waals surface area (Å²) in [5.74, 6) is 1.36. The third-order valence-corrected chi connectivity index (χ3v) is 7.55. The normalized spacial score (nSPS) is 18.2. The Hall–Kier alpha value is -2.13. The van der Waals surface area contributed by atoms with Crippen molar-refractivity contribution in [1.82, 2.24) is 14.9 Å². The van der Waals surface area contributed by atoms with Crippen LogP contribution < -0.4 is 10.3 Å². The van der Waals surface area contributed by atoms with Gasteiger partial charge in [0.05, 0.1) is 17.9 Å². The van der Waals surface area contributed by atoms with Crippen LogP contribution >= 0.6 is 11.8 Å². The molecule has 2 aliphatic heterocycles. The van der Waals surface area contributed by atoms with E-state index in [1.165, 1.54) is 6.07 Å². The third kappa shape index (κ3) is 5.61. The van der Waals surface area contributed by atoms with Crippen LogP contribution in [0.2, 0.25) is 0 Å². The van der Waals surface area contributed by atoms with Gasteiger partial charge in [0, 0.05) is 50.1 Å². The number of thioether (sulfide) groups is 1. The molecular weight excluding hydrogens is 433 g/mol. The Morgan fingerprint density at radius 2 is 2.03 bits per heavy atom. The van der Waals surface area contributed by atoms with E-state index < -0.39 is 11.4 Å². The molecule has 1 aromatic heterocycles. The number of hydrogen-bond acceptors (Lipinski definition) is 6. The highest BCUT2D eigenvalue weighted by Crippen LogP contribution is 2.26. The molecule has 0 radical (unpaired) electrons. The number of nitrogens with one attached hydrogen (secondary N) is 1. The number of aromatic amines is 1. The number of benzene rings is 1. The van der Waals surface area contributed by atoms with E-state index in [1.807, 2.05) is 11.8 Å². The van der Waals surface area contributed by atoms with Crippen molar-refractivity contribution in [2.45, 2.75) is 50.0 Å². The molecule has 7 nitrogen and oxygen atoms in total. The minimum atomic E-state index is -0.627. The Balaban J connectivity index is 1.40. The van der Waals surface area contributed by atoms with Gasteiger partial charge in [-0.3, -0.25) is 9.59 Å². The Morgan fingerprint density at radius 1 is 1.28 bits per heavy atom. The minimum Gasteiger partial charge on any atom is -0.493 e. The molecule has 32 heavy (non-hydrogen) atoms. The van der Waals surface area contributed by atoms with Gasteiger partial charge in [-0.05, 0) is 31.6 Å². The number of halogens is 1. The number of nitrogens with zero attached hydrogens (tertiary/aromatic N) is 2. The number of piperidine rings is 1. The number of H-pyrrole nitrogens is 1. The summed E-state index contributed by atoms with van der Waals surface area (Å²) >= 11 is 1.74. The van der Waals surface area contributed by atoms with Crippen LogP contribution in [0.3, 0.4) is 0 Å². The van der Waals surface area contributed by atoms with Gasteiger partial charge in [0.2, 0.25) is 5.91 Å². The molecule has 0 unspecified atom stereocenters. The van der Waals surface area contributed by atoms with Gasteiger partial charge in [-0.1, -0.05) is 6.92 Å². The van der Waals surface area contributed by atoms with E-state index in [4.69, 9.17) is 9.47 Å². The fraction of sp³-hybridized carbons (Fsp3) is 0.609. The molecule has 0 aliphatic carbocycles. The first-order valence-corrected chi connectivity index (χ1v) is 12.4. The molecule has 2 fully saturated rings. The summed E-state index contributed by atoms with van der Waals surface area (Å²) in [6.45, 7) is 5.32. The molecule has 1 N–H and O–H groups in total. The summed E-state index contributed by atoms with van der Waals surface area (Å²) in [6, 6.07) is 2.90. The van der Waals surface area contributed by atoms with Gasteiger partial charge in [0.1, 0.15) is 22.8 Å². The number of aromatic nitrogens is 2. The van der Waals surface area contributed by atoms with E-state index in [1.54, 1.807) is 17.8 Å². The van der Waals surface area contributed by atoms with Crippen molar-refractivity contribution < 1.29 is 18.7 Å². The Kier molecular flexibility index (Phi) is 7.67. The molecule has 9 heteroatoms. The number of amides is 1. The molecule has 2 aromatic rings. The summed E-state index contributed by atoms with van der Waals surface area (Å²) in [5.41, 5.74) is -0.149. The van der Waals surface area contributed by atoms with Crippen molar-refractivity contribution in [1.29, 1.82) is 0 Å². The van der Waals surface area contributed by atoms with E-state index in [0.29, 0.717) is 47.0 Å². The summed E-state index contributed by atoms with van der Waals surface area (Å²) in [6.07, 6.45) is 4.24. The number of carbonyl (C=O) groups is 1. The van der Waals surface area contributed by atoms with Crippen molar-refractivity contribution in [2.24, 2.45) is 5.92 Å². The van der Waals surface area contributed by atoms with Gasteiger partial charge in [0.25, 0.3) is 5.56 Å². The zero-order valence-electron chi connectivity index (χ0n) is 18.4. The quantitative estimate of drug-likeness (QED) is 0.677. The van der Waals surface area contributed by atoms with Crippen LogP contribution in [0.4, 0.5) is 4.39 Å². The first kappa shape index (κ1) is 23.0. The predicted molar refractivity (Wildman–Crippen MR) is 123 cm³/mol. The van der Waals surface area contributed by atoms with E-state index in [0.717, 1.165) is 52.0 Å².